The number of halogens is 1. The lowest BCUT2D eigenvalue weighted by Gasteiger charge is -2.32. The summed E-state index contributed by atoms with van der Waals surface area (Å²) in [5, 5.41) is 10.2. The number of ether oxygens (including phenoxy) is 1. The predicted octanol–water partition coefficient (Wildman–Crippen LogP) is 4.64. The highest BCUT2D eigenvalue weighted by molar-refractivity contribution is 14.0. The highest BCUT2D eigenvalue weighted by atomic mass is 127. The Balaban J connectivity index is 0.00000300. The fourth-order valence-corrected chi connectivity index (χ4v) is 4.41. The third-order valence-corrected chi connectivity index (χ3v) is 6.16. The number of benzene rings is 1. The van der Waals surface area contributed by atoms with Gasteiger partial charge in [0.2, 0.25) is 0 Å². The molecule has 1 aromatic heterocycles. The number of nitrogens with zero attached hydrogens (tertiary/aromatic N) is 2. The van der Waals surface area contributed by atoms with Crippen molar-refractivity contribution >= 4 is 41.3 Å². The molecule has 2 unspecified atom stereocenters. The molecule has 0 amide bonds. The van der Waals surface area contributed by atoms with Crippen LogP contribution in [0.25, 0.3) is 0 Å². The first-order valence-electron chi connectivity index (χ1n) is 10.2. The van der Waals surface area contributed by atoms with Crippen molar-refractivity contribution in [3.63, 3.8) is 0 Å². The van der Waals surface area contributed by atoms with Gasteiger partial charge in [0.15, 0.2) is 5.96 Å². The van der Waals surface area contributed by atoms with Gasteiger partial charge in [0.05, 0.1) is 11.1 Å². The Bertz CT molecular complexity index is 762. The second-order valence-corrected chi connectivity index (χ2v) is 8.41. The van der Waals surface area contributed by atoms with E-state index in [1.807, 2.05) is 14.0 Å². The van der Waals surface area contributed by atoms with E-state index < -0.39 is 0 Å². The van der Waals surface area contributed by atoms with E-state index >= 15 is 0 Å². The predicted molar refractivity (Wildman–Crippen MR) is 133 cm³/mol. The quantitative estimate of drug-likeness (QED) is 0.238. The van der Waals surface area contributed by atoms with E-state index in [1.165, 1.54) is 22.6 Å². The van der Waals surface area contributed by atoms with Crippen molar-refractivity contribution in [1.29, 1.82) is 0 Å². The Morgan fingerprint density at radius 1 is 1.24 bits per heavy atom. The molecule has 2 atom stereocenters. The van der Waals surface area contributed by atoms with E-state index in [4.69, 9.17) is 4.74 Å². The minimum Gasteiger partial charge on any atom is -0.373 e. The van der Waals surface area contributed by atoms with Crippen molar-refractivity contribution in [2.45, 2.75) is 45.6 Å². The van der Waals surface area contributed by atoms with E-state index in [0.717, 1.165) is 50.6 Å². The smallest absolute Gasteiger partial charge is 0.190 e. The standard InChI is InChI=1S/C22H32N4OS.HI/c1-16-8-10-18(11-9-16)21-19(6-5-13-27-21)14-25-22(23-3)24-12-4-7-20-26-17(2)15-28-20;/h8-11,15,19,21H,4-7,12-14H2,1-3H3,(H2,23,24,25);1H. The molecule has 160 valence electrons. The normalized spacial score (nSPS) is 19.5. The second kappa shape index (κ2) is 12.5. The number of aliphatic imine (C=N–C) groups is 1. The molecule has 0 saturated carbocycles. The first-order chi connectivity index (χ1) is 13.7. The number of aryl methyl sites for hydroxylation is 3. The highest BCUT2D eigenvalue weighted by Gasteiger charge is 2.27. The molecule has 0 spiro atoms. The molecule has 2 heterocycles. The van der Waals surface area contributed by atoms with Crippen molar-refractivity contribution in [2.24, 2.45) is 10.9 Å². The van der Waals surface area contributed by atoms with Crippen molar-refractivity contribution < 1.29 is 4.74 Å². The number of hydrogen-bond acceptors (Lipinski definition) is 4. The zero-order chi connectivity index (χ0) is 19.8. The van der Waals surface area contributed by atoms with Crippen molar-refractivity contribution in [2.75, 3.05) is 26.7 Å². The summed E-state index contributed by atoms with van der Waals surface area (Å²) < 4.78 is 6.13. The van der Waals surface area contributed by atoms with Crippen LogP contribution in [0.3, 0.4) is 0 Å². The maximum atomic E-state index is 6.13. The van der Waals surface area contributed by atoms with E-state index in [0.29, 0.717) is 5.92 Å². The zero-order valence-corrected chi connectivity index (χ0v) is 20.8. The van der Waals surface area contributed by atoms with Gasteiger partial charge in [-0.15, -0.1) is 35.3 Å². The molecule has 1 aliphatic rings. The summed E-state index contributed by atoms with van der Waals surface area (Å²) in [4.78, 5) is 8.89. The summed E-state index contributed by atoms with van der Waals surface area (Å²) in [7, 11) is 1.83. The van der Waals surface area contributed by atoms with Crippen LogP contribution in [0, 0.1) is 19.8 Å². The van der Waals surface area contributed by atoms with Crippen molar-refractivity contribution in [1.82, 2.24) is 15.6 Å². The summed E-state index contributed by atoms with van der Waals surface area (Å²) in [5.41, 5.74) is 3.67. The van der Waals surface area contributed by atoms with Crippen LogP contribution in [-0.4, -0.2) is 37.7 Å². The molecule has 0 radical (unpaired) electrons. The number of guanidine groups is 1. The summed E-state index contributed by atoms with van der Waals surface area (Å²) in [6.45, 7) is 6.77. The van der Waals surface area contributed by atoms with Crippen LogP contribution in [0.2, 0.25) is 0 Å². The maximum Gasteiger partial charge on any atom is 0.190 e. The number of hydrogen-bond donors (Lipinski definition) is 2. The molecule has 1 saturated heterocycles. The molecule has 2 aromatic rings. The minimum absolute atomic E-state index is 0. The van der Waals surface area contributed by atoms with E-state index in [-0.39, 0.29) is 30.1 Å². The molecule has 2 N–H and O–H groups in total. The summed E-state index contributed by atoms with van der Waals surface area (Å²) in [6, 6.07) is 8.74. The van der Waals surface area contributed by atoms with E-state index in [9.17, 15) is 0 Å². The van der Waals surface area contributed by atoms with Crippen LogP contribution in [0.4, 0.5) is 0 Å². The van der Waals surface area contributed by atoms with Gasteiger partial charge in [-0.2, -0.15) is 0 Å². The molecule has 7 heteroatoms. The lowest BCUT2D eigenvalue weighted by atomic mass is 9.89. The molecular weight excluding hydrogens is 495 g/mol. The molecular formula is C22H33IN4OS. The van der Waals surface area contributed by atoms with Crippen LogP contribution < -0.4 is 10.6 Å². The Labute approximate surface area is 195 Å². The summed E-state index contributed by atoms with van der Waals surface area (Å²) >= 11 is 1.74. The molecule has 1 aliphatic heterocycles. The Morgan fingerprint density at radius 3 is 2.72 bits per heavy atom. The largest absolute Gasteiger partial charge is 0.373 e. The van der Waals surface area contributed by atoms with Crippen LogP contribution in [0.5, 0.6) is 0 Å². The lowest BCUT2D eigenvalue weighted by Crippen LogP contribution is -2.42. The molecule has 1 fully saturated rings. The average molecular weight is 529 g/mol. The Hall–Kier alpha value is -1.19. The molecule has 0 aliphatic carbocycles. The Kier molecular flexibility index (Phi) is 10.4. The number of rotatable bonds is 7. The monoisotopic (exact) mass is 528 g/mol. The first-order valence-corrected chi connectivity index (χ1v) is 11.1. The molecule has 29 heavy (non-hydrogen) atoms. The van der Waals surface area contributed by atoms with Gasteiger partial charge < -0.3 is 15.4 Å². The van der Waals surface area contributed by atoms with Gasteiger partial charge in [-0.25, -0.2) is 4.98 Å². The van der Waals surface area contributed by atoms with Crippen LogP contribution >= 0.6 is 35.3 Å². The Morgan fingerprint density at radius 2 is 2.03 bits per heavy atom. The number of aromatic nitrogens is 1. The van der Waals surface area contributed by atoms with E-state index in [1.54, 1.807) is 11.3 Å². The third kappa shape index (κ3) is 7.53. The van der Waals surface area contributed by atoms with Gasteiger partial charge in [0.25, 0.3) is 0 Å². The summed E-state index contributed by atoms with van der Waals surface area (Å²) in [5.74, 6) is 1.32. The zero-order valence-electron chi connectivity index (χ0n) is 17.6. The molecule has 1 aromatic carbocycles. The number of nitrogens with one attached hydrogen (secondary N) is 2. The SMILES string of the molecule is CN=C(NCCCc1nc(C)cs1)NCC1CCCOC1c1ccc(C)cc1.I. The maximum absolute atomic E-state index is 6.13. The lowest BCUT2D eigenvalue weighted by molar-refractivity contribution is -0.0265. The van der Waals surface area contributed by atoms with Gasteiger partial charge in [-0.1, -0.05) is 29.8 Å². The number of thiazole rings is 1. The van der Waals surface area contributed by atoms with Crippen LogP contribution in [-0.2, 0) is 11.2 Å². The van der Waals surface area contributed by atoms with Crippen molar-refractivity contribution in [3.8, 4) is 0 Å². The van der Waals surface area contributed by atoms with Crippen LogP contribution in [0.1, 0.15) is 47.2 Å². The molecule has 0 bridgehead atoms. The second-order valence-electron chi connectivity index (χ2n) is 7.47. The molecule has 5 nitrogen and oxygen atoms in total. The summed E-state index contributed by atoms with van der Waals surface area (Å²) in [6.07, 6.45) is 4.51. The fraction of sp³-hybridized carbons (Fsp3) is 0.545. The molecule has 3 rings (SSSR count). The van der Waals surface area contributed by atoms with Gasteiger partial charge in [-0.05, 0) is 38.7 Å². The minimum atomic E-state index is 0. The van der Waals surface area contributed by atoms with Gasteiger partial charge in [0, 0.05) is 50.2 Å². The van der Waals surface area contributed by atoms with Gasteiger partial charge in [0.1, 0.15) is 0 Å². The van der Waals surface area contributed by atoms with Gasteiger partial charge >= 0.3 is 0 Å². The van der Waals surface area contributed by atoms with Crippen molar-refractivity contribution in [3.05, 3.63) is 51.5 Å². The fourth-order valence-electron chi connectivity index (χ4n) is 3.59. The van der Waals surface area contributed by atoms with Crippen LogP contribution in [0.15, 0.2) is 34.6 Å². The first kappa shape index (κ1) is 24.1. The van der Waals surface area contributed by atoms with E-state index in [2.05, 4.69) is 57.2 Å². The average Bonchev–Trinajstić information content (AvgIpc) is 3.13. The topological polar surface area (TPSA) is 58.5 Å². The van der Waals surface area contributed by atoms with Gasteiger partial charge in [-0.3, -0.25) is 4.99 Å². The highest BCUT2D eigenvalue weighted by Crippen LogP contribution is 2.33. The third-order valence-electron chi connectivity index (χ3n) is 5.13.